The third-order valence-corrected chi connectivity index (χ3v) is 2.17. The Morgan fingerprint density at radius 2 is 1.64 bits per heavy atom. The summed E-state index contributed by atoms with van der Waals surface area (Å²) in [6, 6.07) is 7.63. The van der Waals surface area contributed by atoms with Crippen molar-refractivity contribution >= 4 is 5.97 Å². The fourth-order valence-corrected chi connectivity index (χ4v) is 1.29. The molecule has 0 heterocycles. The van der Waals surface area contributed by atoms with E-state index in [2.05, 4.69) is 20.8 Å². The molecule has 0 atom stereocenters. The van der Waals surface area contributed by atoms with Gasteiger partial charge in [0, 0.05) is 0 Å². The van der Waals surface area contributed by atoms with Crippen LogP contribution in [-0.4, -0.2) is 5.97 Å². The van der Waals surface area contributed by atoms with Crippen LogP contribution in [0.4, 0.5) is 0 Å². The van der Waals surface area contributed by atoms with Gasteiger partial charge in [-0.3, -0.25) is 0 Å². The number of carbonyl (C=O) groups is 1. The summed E-state index contributed by atoms with van der Waals surface area (Å²) in [6.45, 7) is 6.38. The van der Waals surface area contributed by atoms with E-state index in [0.717, 1.165) is 5.56 Å². The predicted molar refractivity (Wildman–Crippen MR) is 54.5 cm³/mol. The van der Waals surface area contributed by atoms with Crippen LogP contribution in [0.25, 0.3) is 0 Å². The second-order valence-electron chi connectivity index (χ2n) is 4.50. The zero-order valence-corrected chi connectivity index (χ0v) is 8.83. The summed E-state index contributed by atoms with van der Waals surface area (Å²) in [4.78, 5) is 10.3. The Labute approximate surface area is 84.6 Å². The van der Waals surface area contributed by atoms with Gasteiger partial charge in [-0.15, -0.1) is 0 Å². The molecule has 0 saturated carbocycles. The van der Waals surface area contributed by atoms with Crippen molar-refractivity contribution in [2.75, 3.05) is 0 Å². The number of hydrogen-bond donors (Lipinski definition) is 0. The van der Waals surface area contributed by atoms with E-state index in [1.165, 1.54) is 5.56 Å². The molecule has 0 bridgehead atoms. The molecule has 0 unspecified atom stereocenters. The van der Waals surface area contributed by atoms with Crippen molar-refractivity contribution in [2.45, 2.75) is 32.6 Å². The molecule has 1 aromatic carbocycles. The molecule has 1 radical (unpaired) electrons. The van der Waals surface area contributed by atoms with Gasteiger partial charge in [-0.05, 0) is 16.5 Å². The third kappa shape index (κ3) is 2.87. The lowest BCUT2D eigenvalue weighted by atomic mass is 9.86. The van der Waals surface area contributed by atoms with Gasteiger partial charge in [0.1, 0.15) is 0 Å². The van der Waals surface area contributed by atoms with Crippen LogP contribution in [0.3, 0.4) is 0 Å². The molecule has 2 heteroatoms. The maximum absolute atomic E-state index is 10.3. The molecule has 0 amide bonds. The van der Waals surface area contributed by atoms with E-state index >= 15 is 0 Å². The summed E-state index contributed by atoms with van der Waals surface area (Å²) < 4.78 is 0. The highest BCUT2D eigenvalue weighted by Crippen LogP contribution is 2.22. The van der Waals surface area contributed by atoms with Crippen molar-refractivity contribution in [2.24, 2.45) is 0 Å². The number of carbonyl (C=O) groups excluding carboxylic acids is 1. The molecule has 2 nitrogen and oxygen atoms in total. The van der Waals surface area contributed by atoms with Gasteiger partial charge in [-0.2, -0.15) is 0 Å². The summed E-state index contributed by atoms with van der Waals surface area (Å²) in [5, 5.41) is 10.3. The molecule has 14 heavy (non-hydrogen) atoms. The number of benzene rings is 1. The van der Waals surface area contributed by atoms with Crippen LogP contribution in [0.15, 0.2) is 24.3 Å². The van der Waals surface area contributed by atoms with Crippen molar-refractivity contribution in [3.05, 3.63) is 35.4 Å². The van der Waals surface area contributed by atoms with Crippen LogP contribution in [0.5, 0.6) is 0 Å². The molecule has 0 aromatic heterocycles. The molecule has 0 N–H and O–H groups in total. The van der Waals surface area contributed by atoms with E-state index in [9.17, 15) is 9.90 Å². The van der Waals surface area contributed by atoms with E-state index in [1.54, 1.807) is 0 Å². The minimum atomic E-state index is -1.03. The van der Waals surface area contributed by atoms with Gasteiger partial charge in [-0.25, -0.2) is 9.90 Å². The van der Waals surface area contributed by atoms with Crippen molar-refractivity contribution in [3.8, 4) is 0 Å². The third-order valence-electron chi connectivity index (χ3n) is 2.17. The first kappa shape index (κ1) is 10.8. The van der Waals surface area contributed by atoms with Crippen molar-refractivity contribution in [3.63, 3.8) is 0 Å². The van der Waals surface area contributed by atoms with E-state index in [4.69, 9.17) is 0 Å². The minimum absolute atomic E-state index is 0.00950. The molecule has 0 saturated heterocycles. The second kappa shape index (κ2) is 3.82. The van der Waals surface area contributed by atoms with Crippen LogP contribution >= 0.6 is 0 Å². The highest BCUT2D eigenvalue weighted by Gasteiger charge is 2.13. The fraction of sp³-hybridized carbons (Fsp3) is 0.417. The smallest absolute Gasteiger partial charge is 0.247 e. The maximum Gasteiger partial charge on any atom is 0.359 e. The Morgan fingerprint density at radius 3 is 2.00 bits per heavy atom. The summed E-state index contributed by atoms with van der Waals surface area (Å²) >= 11 is 0. The first-order valence-electron chi connectivity index (χ1n) is 4.69. The monoisotopic (exact) mass is 191 g/mol. The maximum atomic E-state index is 10.3. The SMILES string of the molecule is CC(C)(C)c1ccc(CC([O])=O)cc1. The Balaban J connectivity index is 2.84. The number of hydrogen-bond acceptors (Lipinski definition) is 1. The molecule has 0 spiro atoms. The Morgan fingerprint density at radius 1 is 1.14 bits per heavy atom. The van der Waals surface area contributed by atoms with Crippen molar-refractivity contribution in [1.29, 1.82) is 0 Å². The molecular formula is C12H15O2. The quantitative estimate of drug-likeness (QED) is 0.707. The minimum Gasteiger partial charge on any atom is -0.247 e. The highest BCUT2D eigenvalue weighted by molar-refractivity contribution is 5.69. The fourth-order valence-electron chi connectivity index (χ4n) is 1.29. The Bertz CT molecular complexity index is 317. The van der Waals surface area contributed by atoms with Crippen LogP contribution < -0.4 is 0 Å². The van der Waals surface area contributed by atoms with Crippen LogP contribution in [0.1, 0.15) is 31.9 Å². The summed E-state index contributed by atoms with van der Waals surface area (Å²) in [7, 11) is 0. The Hall–Kier alpha value is -1.31. The predicted octanol–water partition coefficient (Wildman–Crippen LogP) is 2.48. The lowest BCUT2D eigenvalue weighted by Crippen LogP contribution is -2.11. The zero-order chi connectivity index (χ0) is 10.8. The van der Waals surface area contributed by atoms with Gasteiger partial charge in [0.15, 0.2) is 0 Å². The summed E-state index contributed by atoms with van der Waals surface area (Å²) in [5.74, 6) is -1.03. The Kier molecular flexibility index (Phi) is 2.94. The molecular weight excluding hydrogens is 176 g/mol. The lowest BCUT2D eigenvalue weighted by molar-refractivity contribution is -0.142. The molecule has 0 aliphatic heterocycles. The molecule has 1 rings (SSSR count). The van der Waals surface area contributed by atoms with Crippen LogP contribution in [0, 0.1) is 0 Å². The second-order valence-corrected chi connectivity index (χ2v) is 4.50. The summed E-state index contributed by atoms with van der Waals surface area (Å²) in [5.41, 5.74) is 2.11. The zero-order valence-electron chi connectivity index (χ0n) is 8.83. The standard InChI is InChI=1S/C12H15O2/c1-12(2,3)10-6-4-9(5-7-10)8-11(13)14/h4-7H,8H2,1-3H3. The first-order chi connectivity index (χ1) is 6.39. The highest BCUT2D eigenvalue weighted by atomic mass is 16.4. The molecule has 0 aliphatic carbocycles. The van der Waals surface area contributed by atoms with E-state index < -0.39 is 5.97 Å². The van der Waals surface area contributed by atoms with E-state index in [1.807, 2.05) is 24.3 Å². The van der Waals surface area contributed by atoms with Gasteiger partial charge in [0.05, 0.1) is 6.42 Å². The topological polar surface area (TPSA) is 37.0 Å². The average Bonchev–Trinajstić information content (AvgIpc) is 2.02. The van der Waals surface area contributed by atoms with Crippen LogP contribution in [0.2, 0.25) is 0 Å². The van der Waals surface area contributed by atoms with Crippen molar-refractivity contribution < 1.29 is 9.90 Å². The van der Waals surface area contributed by atoms with Gasteiger partial charge in [0.2, 0.25) is 0 Å². The van der Waals surface area contributed by atoms with E-state index in [0.29, 0.717) is 0 Å². The van der Waals surface area contributed by atoms with Gasteiger partial charge in [-0.1, -0.05) is 45.0 Å². The van der Waals surface area contributed by atoms with Crippen molar-refractivity contribution in [1.82, 2.24) is 0 Å². The largest absolute Gasteiger partial charge is 0.359 e. The molecule has 0 aliphatic rings. The number of rotatable bonds is 2. The molecule has 1 aromatic rings. The normalized spacial score (nSPS) is 11.4. The lowest BCUT2D eigenvalue weighted by Gasteiger charge is -2.18. The first-order valence-corrected chi connectivity index (χ1v) is 4.69. The van der Waals surface area contributed by atoms with Crippen LogP contribution in [-0.2, 0) is 21.7 Å². The summed E-state index contributed by atoms with van der Waals surface area (Å²) in [6.07, 6.45) is -0.00950. The van der Waals surface area contributed by atoms with Gasteiger partial charge >= 0.3 is 5.97 Å². The molecule has 0 fully saturated rings. The molecule has 75 valence electrons. The average molecular weight is 191 g/mol. The van der Waals surface area contributed by atoms with E-state index in [-0.39, 0.29) is 11.8 Å². The van der Waals surface area contributed by atoms with Gasteiger partial charge in [0.25, 0.3) is 0 Å². The van der Waals surface area contributed by atoms with Gasteiger partial charge < -0.3 is 0 Å².